The summed E-state index contributed by atoms with van der Waals surface area (Å²) in [5.74, 6) is 1.85. The minimum absolute atomic E-state index is 0.0552. The molecule has 116 valence electrons. The lowest BCUT2D eigenvalue weighted by Crippen LogP contribution is -2.22. The van der Waals surface area contributed by atoms with Crippen LogP contribution in [-0.4, -0.2) is 12.4 Å². The van der Waals surface area contributed by atoms with E-state index in [0.717, 1.165) is 11.5 Å². The summed E-state index contributed by atoms with van der Waals surface area (Å²) < 4.78 is 11.6. The predicted molar refractivity (Wildman–Crippen MR) is 95.6 cm³/mol. The van der Waals surface area contributed by atoms with E-state index in [4.69, 9.17) is 9.47 Å². The Bertz CT molecular complexity index is 842. The zero-order valence-corrected chi connectivity index (χ0v) is 14.0. The first-order valence-corrected chi connectivity index (χ1v) is 8.63. The van der Waals surface area contributed by atoms with E-state index in [1.807, 2.05) is 23.9 Å². The summed E-state index contributed by atoms with van der Waals surface area (Å²) in [5, 5.41) is 2.88. The van der Waals surface area contributed by atoms with Crippen LogP contribution in [0.3, 0.4) is 0 Å². The fraction of sp³-hybridized carbons (Fsp3) is 0.200. The van der Waals surface area contributed by atoms with E-state index in [1.165, 1.54) is 21.2 Å². The number of thioether (sulfide) groups is 1. The molecular formula is C20H18O2S. The second-order valence-electron chi connectivity index (χ2n) is 5.75. The highest BCUT2D eigenvalue weighted by molar-refractivity contribution is 8.00. The number of rotatable bonds is 2. The van der Waals surface area contributed by atoms with Crippen molar-refractivity contribution in [2.75, 3.05) is 7.11 Å². The first-order chi connectivity index (χ1) is 11.3. The number of fused-ring (bicyclic) bond motifs is 3. The van der Waals surface area contributed by atoms with Crippen LogP contribution in [0.1, 0.15) is 18.6 Å². The summed E-state index contributed by atoms with van der Waals surface area (Å²) in [4.78, 5) is 1.25. The Hall–Kier alpha value is -2.13. The van der Waals surface area contributed by atoms with Gasteiger partial charge in [-0.05, 0) is 41.5 Å². The Morgan fingerprint density at radius 2 is 1.74 bits per heavy atom. The molecule has 0 saturated heterocycles. The first kappa shape index (κ1) is 14.5. The molecule has 3 heteroatoms. The van der Waals surface area contributed by atoms with E-state index in [9.17, 15) is 0 Å². The molecule has 1 aliphatic rings. The summed E-state index contributed by atoms with van der Waals surface area (Å²) in [6.07, 6.45) is 0.0552. The summed E-state index contributed by atoms with van der Waals surface area (Å²) in [7, 11) is 1.69. The van der Waals surface area contributed by atoms with Crippen LogP contribution in [0.5, 0.6) is 11.5 Å². The second-order valence-corrected chi connectivity index (χ2v) is 7.14. The first-order valence-electron chi connectivity index (χ1n) is 7.75. The van der Waals surface area contributed by atoms with Gasteiger partial charge < -0.3 is 9.47 Å². The quantitative estimate of drug-likeness (QED) is 0.624. The molecule has 0 aromatic heterocycles. The molecule has 0 radical (unpaired) electrons. The molecule has 1 aliphatic heterocycles. The molecule has 0 unspecified atom stereocenters. The SMILES string of the molecule is COc1ccc([C@@H]2Oc3ccc4ccccc4c3S[C@H]2C)cc1. The highest BCUT2D eigenvalue weighted by Crippen LogP contribution is 2.48. The highest BCUT2D eigenvalue weighted by atomic mass is 32.2. The number of ether oxygens (including phenoxy) is 2. The second kappa shape index (κ2) is 5.82. The third kappa shape index (κ3) is 2.55. The smallest absolute Gasteiger partial charge is 0.136 e. The Kier molecular flexibility index (Phi) is 3.66. The summed E-state index contributed by atoms with van der Waals surface area (Å²) in [5.41, 5.74) is 1.18. The van der Waals surface area contributed by atoms with Crippen LogP contribution in [0.4, 0.5) is 0 Å². The molecule has 0 saturated carbocycles. The highest BCUT2D eigenvalue weighted by Gasteiger charge is 2.29. The van der Waals surface area contributed by atoms with E-state index < -0.39 is 0 Å². The fourth-order valence-electron chi connectivity index (χ4n) is 3.05. The van der Waals surface area contributed by atoms with Gasteiger partial charge in [-0.3, -0.25) is 0 Å². The van der Waals surface area contributed by atoms with Gasteiger partial charge in [0.1, 0.15) is 17.6 Å². The van der Waals surface area contributed by atoms with Gasteiger partial charge in [-0.15, -0.1) is 11.8 Å². The lowest BCUT2D eigenvalue weighted by atomic mass is 10.1. The van der Waals surface area contributed by atoms with Crippen molar-refractivity contribution in [2.45, 2.75) is 23.2 Å². The zero-order valence-electron chi connectivity index (χ0n) is 13.2. The number of benzene rings is 3. The van der Waals surface area contributed by atoms with E-state index in [0.29, 0.717) is 5.25 Å². The topological polar surface area (TPSA) is 18.5 Å². The lowest BCUT2D eigenvalue weighted by molar-refractivity contribution is 0.196. The molecule has 0 aliphatic carbocycles. The van der Waals surface area contributed by atoms with Crippen LogP contribution in [-0.2, 0) is 0 Å². The predicted octanol–water partition coefficient (Wildman–Crippen LogP) is 5.46. The van der Waals surface area contributed by atoms with Gasteiger partial charge in [-0.2, -0.15) is 0 Å². The average molecular weight is 322 g/mol. The van der Waals surface area contributed by atoms with Crippen LogP contribution in [0.15, 0.2) is 65.6 Å². The molecular weight excluding hydrogens is 304 g/mol. The van der Waals surface area contributed by atoms with Gasteiger partial charge >= 0.3 is 0 Å². The van der Waals surface area contributed by atoms with Crippen molar-refractivity contribution in [1.29, 1.82) is 0 Å². The van der Waals surface area contributed by atoms with Crippen molar-refractivity contribution in [1.82, 2.24) is 0 Å². The fourth-order valence-corrected chi connectivity index (χ4v) is 4.30. The Morgan fingerprint density at radius 1 is 0.957 bits per heavy atom. The van der Waals surface area contributed by atoms with Crippen LogP contribution in [0.25, 0.3) is 10.8 Å². The Morgan fingerprint density at radius 3 is 2.52 bits per heavy atom. The zero-order chi connectivity index (χ0) is 15.8. The van der Waals surface area contributed by atoms with Crippen molar-refractivity contribution in [3.63, 3.8) is 0 Å². The van der Waals surface area contributed by atoms with Gasteiger partial charge in [0.2, 0.25) is 0 Å². The molecule has 4 rings (SSSR count). The molecule has 1 heterocycles. The molecule has 0 N–H and O–H groups in total. The molecule has 2 atom stereocenters. The number of hydrogen-bond acceptors (Lipinski definition) is 3. The van der Waals surface area contributed by atoms with Gasteiger partial charge in [-0.25, -0.2) is 0 Å². The van der Waals surface area contributed by atoms with Crippen molar-refractivity contribution < 1.29 is 9.47 Å². The maximum Gasteiger partial charge on any atom is 0.136 e. The minimum Gasteiger partial charge on any atom is -0.497 e. The van der Waals surface area contributed by atoms with Crippen LogP contribution >= 0.6 is 11.8 Å². The average Bonchev–Trinajstić information content (AvgIpc) is 2.61. The molecule has 0 bridgehead atoms. The van der Waals surface area contributed by atoms with E-state index in [-0.39, 0.29) is 6.10 Å². The van der Waals surface area contributed by atoms with Gasteiger partial charge in [0.05, 0.1) is 12.0 Å². The maximum absolute atomic E-state index is 6.35. The van der Waals surface area contributed by atoms with Crippen molar-refractivity contribution in [3.05, 3.63) is 66.2 Å². The van der Waals surface area contributed by atoms with Crippen LogP contribution in [0.2, 0.25) is 0 Å². The third-order valence-corrected chi connectivity index (χ3v) is 5.55. The monoisotopic (exact) mass is 322 g/mol. The van der Waals surface area contributed by atoms with E-state index >= 15 is 0 Å². The molecule has 3 aromatic carbocycles. The molecule has 0 fully saturated rings. The van der Waals surface area contributed by atoms with Gasteiger partial charge in [0, 0.05) is 5.25 Å². The number of methoxy groups -OCH3 is 1. The van der Waals surface area contributed by atoms with Crippen molar-refractivity contribution >= 4 is 22.5 Å². The summed E-state index contributed by atoms with van der Waals surface area (Å²) in [6, 6.07) is 20.9. The normalized spacial score (nSPS) is 19.9. The van der Waals surface area contributed by atoms with E-state index in [2.05, 4.69) is 55.5 Å². The van der Waals surface area contributed by atoms with Gasteiger partial charge in [0.15, 0.2) is 0 Å². The van der Waals surface area contributed by atoms with Crippen LogP contribution < -0.4 is 9.47 Å². The molecule has 23 heavy (non-hydrogen) atoms. The minimum atomic E-state index is 0.0552. The van der Waals surface area contributed by atoms with Crippen molar-refractivity contribution in [3.8, 4) is 11.5 Å². The van der Waals surface area contributed by atoms with Gasteiger partial charge in [-0.1, -0.05) is 42.5 Å². The van der Waals surface area contributed by atoms with Gasteiger partial charge in [0.25, 0.3) is 0 Å². The molecule has 2 nitrogen and oxygen atoms in total. The molecule has 0 spiro atoms. The number of hydrogen-bond donors (Lipinski definition) is 0. The maximum atomic E-state index is 6.35. The summed E-state index contributed by atoms with van der Waals surface area (Å²) in [6.45, 7) is 2.23. The Labute approximate surface area is 140 Å². The lowest BCUT2D eigenvalue weighted by Gasteiger charge is -2.32. The van der Waals surface area contributed by atoms with Crippen molar-refractivity contribution in [2.24, 2.45) is 0 Å². The van der Waals surface area contributed by atoms with Crippen LogP contribution in [0, 0.1) is 0 Å². The largest absolute Gasteiger partial charge is 0.497 e. The molecule has 0 amide bonds. The standard InChI is InChI=1S/C20H18O2S/c1-13-19(15-7-10-16(21-2)11-8-15)22-18-12-9-14-5-3-4-6-17(14)20(18)23-13/h3-13,19H,1-2H3/t13-,19+/m0/s1. The Balaban J connectivity index is 1.72. The third-order valence-electron chi connectivity index (χ3n) is 4.27. The summed E-state index contributed by atoms with van der Waals surface area (Å²) >= 11 is 1.90. The molecule has 3 aromatic rings. The van der Waals surface area contributed by atoms with E-state index in [1.54, 1.807) is 7.11 Å².